The molecule has 4 atom stereocenters. The van der Waals surface area contributed by atoms with Crippen molar-refractivity contribution in [3.8, 4) is 0 Å². The van der Waals surface area contributed by atoms with Gasteiger partial charge >= 0.3 is 0 Å². The van der Waals surface area contributed by atoms with Crippen LogP contribution in [0.3, 0.4) is 0 Å². The van der Waals surface area contributed by atoms with Crippen LogP contribution in [-0.4, -0.2) is 51.6 Å². The van der Waals surface area contributed by atoms with Gasteiger partial charge in [-0.3, -0.25) is 0 Å². The molecule has 0 spiro atoms. The molecule has 2 aliphatic rings. The molecule has 2 rings (SSSR count). The van der Waals surface area contributed by atoms with Crippen molar-refractivity contribution in [2.24, 2.45) is 23.7 Å². The zero-order valence-electron chi connectivity index (χ0n) is 16.4. The predicted molar refractivity (Wildman–Crippen MR) is 100 cm³/mol. The first-order chi connectivity index (χ1) is 11.7. The van der Waals surface area contributed by atoms with Crippen molar-refractivity contribution in [1.29, 1.82) is 0 Å². The summed E-state index contributed by atoms with van der Waals surface area (Å²) in [6.07, 6.45) is 5.71. The largest absolute Gasteiger partial charge is 0.375 e. The van der Waals surface area contributed by atoms with Crippen LogP contribution in [0.1, 0.15) is 53.4 Å². The van der Waals surface area contributed by atoms with Crippen LogP contribution in [0.5, 0.6) is 0 Å². The Morgan fingerprint density at radius 3 is 2.04 bits per heavy atom. The van der Waals surface area contributed by atoms with E-state index in [0.717, 1.165) is 51.2 Å². The summed E-state index contributed by atoms with van der Waals surface area (Å²) in [7, 11) is 0. The fourth-order valence-corrected chi connectivity index (χ4v) is 3.98. The standard InChI is InChI=1S/C20H40N2O2/c1-5-16(6-2)10-22-12-18-14-24-19-17(13-23-20(18)19)11-21-9-7-8-15(3)4/h15-22H,5-14H2,1-4H3. The molecule has 4 nitrogen and oxygen atoms in total. The molecule has 24 heavy (non-hydrogen) atoms. The van der Waals surface area contributed by atoms with E-state index in [1.807, 2.05) is 0 Å². The van der Waals surface area contributed by atoms with Gasteiger partial charge in [-0.2, -0.15) is 0 Å². The highest BCUT2D eigenvalue weighted by atomic mass is 16.6. The first-order valence-corrected chi connectivity index (χ1v) is 10.3. The zero-order valence-corrected chi connectivity index (χ0v) is 16.4. The van der Waals surface area contributed by atoms with Crippen molar-refractivity contribution in [2.45, 2.75) is 65.6 Å². The van der Waals surface area contributed by atoms with Crippen LogP contribution in [0.15, 0.2) is 0 Å². The summed E-state index contributed by atoms with van der Waals surface area (Å²) in [6, 6.07) is 0. The SMILES string of the molecule is CCC(CC)CNCC1COC2C(CNCCCC(C)C)COC12. The second-order valence-corrected chi connectivity index (χ2v) is 8.20. The number of ether oxygens (including phenoxy) is 2. The van der Waals surface area contributed by atoms with E-state index in [9.17, 15) is 0 Å². The molecule has 0 radical (unpaired) electrons. The van der Waals surface area contributed by atoms with Gasteiger partial charge in [0.05, 0.1) is 25.4 Å². The molecule has 2 N–H and O–H groups in total. The maximum absolute atomic E-state index is 6.10. The Balaban J connectivity index is 1.62. The highest BCUT2D eigenvalue weighted by Crippen LogP contribution is 2.34. The lowest BCUT2D eigenvalue weighted by atomic mass is 9.95. The van der Waals surface area contributed by atoms with Gasteiger partial charge < -0.3 is 20.1 Å². The molecule has 2 saturated heterocycles. The fraction of sp³-hybridized carbons (Fsp3) is 1.00. The quantitative estimate of drug-likeness (QED) is 0.536. The van der Waals surface area contributed by atoms with Crippen LogP contribution in [0, 0.1) is 23.7 Å². The van der Waals surface area contributed by atoms with Crippen LogP contribution >= 0.6 is 0 Å². The van der Waals surface area contributed by atoms with E-state index in [0.29, 0.717) is 24.0 Å². The molecule has 2 aliphatic heterocycles. The topological polar surface area (TPSA) is 42.5 Å². The Bertz CT molecular complexity index is 334. The molecule has 0 aromatic carbocycles. The molecule has 0 amide bonds. The van der Waals surface area contributed by atoms with Gasteiger partial charge in [0.2, 0.25) is 0 Å². The van der Waals surface area contributed by atoms with Crippen molar-refractivity contribution in [3.63, 3.8) is 0 Å². The van der Waals surface area contributed by atoms with Crippen LogP contribution < -0.4 is 10.6 Å². The first-order valence-electron chi connectivity index (χ1n) is 10.3. The van der Waals surface area contributed by atoms with Crippen molar-refractivity contribution < 1.29 is 9.47 Å². The van der Waals surface area contributed by atoms with Gasteiger partial charge in [-0.25, -0.2) is 0 Å². The molecule has 0 bridgehead atoms. The van der Waals surface area contributed by atoms with Crippen molar-refractivity contribution in [2.75, 3.05) is 39.4 Å². The molecule has 2 fully saturated rings. The highest BCUT2D eigenvalue weighted by Gasteiger charge is 2.46. The minimum atomic E-state index is 0.307. The summed E-state index contributed by atoms with van der Waals surface area (Å²) in [5.41, 5.74) is 0. The summed E-state index contributed by atoms with van der Waals surface area (Å²) in [5.74, 6) is 2.65. The average molecular weight is 341 g/mol. The van der Waals surface area contributed by atoms with Gasteiger partial charge in [0.15, 0.2) is 0 Å². The number of fused-ring (bicyclic) bond motifs is 1. The molecule has 142 valence electrons. The van der Waals surface area contributed by atoms with E-state index in [-0.39, 0.29) is 0 Å². The third kappa shape index (κ3) is 5.98. The van der Waals surface area contributed by atoms with E-state index in [2.05, 4.69) is 38.3 Å². The van der Waals surface area contributed by atoms with Gasteiger partial charge in [0, 0.05) is 24.9 Å². The van der Waals surface area contributed by atoms with E-state index < -0.39 is 0 Å². The van der Waals surface area contributed by atoms with Crippen molar-refractivity contribution >= 4 is 0 Å². The molecule has 4 heteroatoms. The maximum Gasteiger partial charge on any atom is 0.0903 e. The summed E-state index contributed by atoms with van der Waals surface area (Å²) in [5, 5.41) is 7.26. The third-order valence-electron chi connectivity index (χ3n) is 5.79. The van der Waals surface area contributed by atoms with Gasteiger partial charge in [0.25, 0.3) is 0 Å². The van der Waals surface area contributed by atoms with Crippen LogP contribution in [0.25, 0.3) is 0 Å². The van der Waals surface area contributed by atoms with Crippen LogP contribution in [0.2, 0.25) is 0 Å². The van der Waals surface area contributed by atoms with Crippen molar-refractivity contribution in [1.82, 2.24) is 10.6 Å². The number of rotatable bonds is 12. The minimum Gasteiger partial charge on any atom is -0.375 e. The van der Waals surface area contributed by atoms with Crippen LogP contribution in [-0.2, 0) is 9.47 Å². The molecular formula is C20H40N2O2. The molecule has 0 aromatic heterocycles. The van der Waals surface area contributed by atoms with E-state index >= 15 is 0 Å². The maximum atomic E-state index is 6.10. The smallest absolute Gasteiger partial charge is 0.0903 e. The van der Waals surface area contributed by atoms with E-state index in [1.54, 1.807) is 0 Å². The molecule has 4 unspecified atom stereocenters. The fourth-order valence-electron chi connectivity index (χ4n) is 3.98. The molecular weight excluding hydrogens is 300 g/mol. The Morgan fingerprint density at radius 2 is 1.50 bits per heavy atom. The van der Waals surface area contributed by atoms with Crippen molar-refractivity contribution in [3.05, 3.63) is 0 Å². The lowest BCUT2D eigenvalue weighted by Crippen LogP contribution is -2.36. The van der Waals surface area contributed by atoms with Gasteiger partial charge in [-0.05, 0) is 37.8 Å². The van der Waals surface area contributed by atoms with Gasteiger partial charge in [0.1, 0.15) is 0 Å². The third-order valence-corrected chi connectivity index (χ3v) is 5.79. The molecule has 0 aliphatic carbocycles. The lowest BCUT2D eigenvalue weighted by molar-refractivity contribution is 0.0603. The highest BCUT2D eigenvalue weighted by molar-refractivity contribution is 4.95. The second-order valence-electron chi connectivity index (χ2n) is 8.20. The van der Waals surface area contributed by atoms with E-state index in [4.69, 9.17) is 9.47 Å². The average Bonchev–Trinajstić information content (AvgIpc) is 3.14. The summed E-state index contributed by atoms with van der Waals surface area (Å²) >= 11 is 0. The Morgan fingerprint density at radius 1 is 0.917 bits per heavy atom. The Kier molecular flexibility index (Phi) is 9.02. The molecule has 0 aromatic rings. The zero-order chi connectivity index (χ0) is 17.4. The summed E-state index contributed by atoms with van der Waals surface area (Å²) in [6.45, 7) is 15.2. The number of nitrogens with one attached hydrogen (secondary N) is 2. The minimum absolute atomic E-state index is 0.307. The van der Waals surface area contributed by atoms with Gasteiger partial charge in [-0.15, -0.1) is 0 Å². The predicted octanol–water partition coefficient (Wildman–Crippen LogP) is 3.07. The Hall–Kier alpha value is -0.160. The second kappa shape index (κ2) is 10.7. The van der Waals surface area contributed by atoms with E-state index in [1.165, 1.54) is 25.7 Å². The molecule has 0 saturated carbocycles. The monoisotopic (exact) mass is 340 g/mol. The number of hydrogen-bond acceptors (Lipinski definition) is 4. The lowest BCUT2D eigenvalue weighted by Gasteiger charge is -2.19. The van der Waals surface area contributed by atoms with Crippen LogP contribution in [0.4, 0.5) is 0 Å². The Labute approximate surface area is 149 Å². The van der Waals surface area contributed by atoms with Gasteiger partial charge in [-0.1, -0.05) is 40.5 Å². The summed E-state index contributed by atoms with van der Waals surface area (Å²) < 4.78 is 12.2. The number of hydrogen-bond donors (Lipinski definition) is 2. The first kappa shape index (κ1) is 20.2. The summed E-state index contributed by atoms with van der Waals surface area (Å²) in [4.78, 5) is 0. The molecule has 2 heterocycles. The normalized spacial score (nSPS) is 29.8.